The van der Waals surface area contributed by atoms with E-state index in [4.69, 9.17) is 0 Å². The molecule has 0 amide bonds. The van der Waals surface area contributed by atoms with Gasteiger partial charge < -0.3 is 10.1 Å². The maximum Gasteiger partial charge on any atom is 0.401 e. The Morgan fingerprint density at radius 1 is 1.46 bits per heavy atom. The Hall–Kier alpha value is -0.490. The van der Waals surface area contributed by atoms with E-state index in [1.165, 1.54) is 7.11 Å². The van der Waals surface area contributed by atoms with E-state index < -0.39 is 18.7 Å². The summed E-state index contributed by atoms with van der Waals surface area (Å²) >= 11 is 0. The van der Waals surface area contributed by atoms with Gasteiger partial charge in [0.15, 0.2) is 0 Å². The minimum atomic E-state index is -4.23. The summed E-state index contributed by atoms with van der Waals surface area (Å²) in [6.07, 6.45) is -4.28. The number of hydrogen-bond acceptors (Lipinski definition) is 3. The summed E-state index contributed by atoms with van der Waals surface area (Å²) in [6, 6.07) is 0. The van der Waals surface area contributed by atoms with Crippen molar-refractivity contribution < 1.29 is 22.7 Å². The molecule has 1 N–H and O–H groups in total. The van der Waals surface area contributed by atoms with Gasteiger partial charge in [-0.25, -0.2) is 0 Å². The highest BCUT2D eigenvalue weighted by molar-refractivity contribution is 5.85. The van der Waals surface area contributed by atoms with E-state index in [1.54, 1.807) is 0 Å². The third-order valence-electron chi connectivity index (χ3n) is 1.06. The Morgan fingerprint density at radius 2 is 2.00 bits per heavy atom. The number of esters is 1. The number of nitrogens with one attached hydrogen (secondary N) is 1. The molecule has 0 heterocycles. The zero-order valence-corrected chi connectivity index (χ0v) is 7.80. The Kier molecular flexibility index (Phi) is 8.04. The summed E-state index contributed by atoms with van der Waals surface area (Å²) in [5.41, 5.74) is 0. The Bertz CT molecular complexity index is 151. The number of hydrogen-bond donors (Lipinski definition) is 1. The Balaban J connectivity index is 0. The van der Waals surface area contributed by atoms with Gasteiger partial charge in [-0.15, -0.1) is 12.4 Å². The van der Waals surface area contributed by atoms with Gasteiger partial charge in [-0.2, -0.15) is 13.2 Å². The van der Waals surface area contributed by atoms with Crippen molar-refractivity contribution in [3.8, 4) is 0 Å². The van der Waals surface area contributed by atoms with Crippen LogP contribution in [-0.4, -0.2) is 32.3 Å². The number of halogens is 4. The number of ether oxygens (including phenoxy) is 1. The molecule has 0 saturated carbocycles. The molecule has 0 saturated heterocycles. The normalized spacial score (nSPS) is 10.5. The van der Waals surface area contributed by atoms with Crippen LogP contribution >= 0.6 is 12.4 Å². The fourth-order valence-electron chi connectivity index (χ4n) is 0.523. The SMILES string of the molecule is COC(=O)CCNCC(F)(F)F.Cl. The highest BCUT2D eigenvalue weighted by atomic mass is 35.5. The topological polar surface area (TPSA) is 38.3 Å². The maximum atomic E-state index is 11.5. The average Bonchev–Trinajstić information content (AvgIpc) is 1.96. The second kappa shape index (κ2) is 6.97. The van der Waals surface area contributed by atoms with Gasteiger partial charge >= 0.3 is 12.1 Å². The molecule has 0 aliphatic carbocycles. The van der Waals surface area contributed by atoms with Gasteiger partial charge in [-0.05, 0) is 0 Å². The van der Waals surface area contributed by atoms with Gasteiger partial charge in [0.25, 0.3) is 0 Å². The molecule has 80 valence electrons. The Morgan fingerprint density at radius 3 is 2.38 bits per heavy atom. The summed E-state index contributed by atoms with van der Waals surface area (Å²) in [5, 5.41) is 2.06. The van der Waals surface area contributed by atoms with Gasteiger partial charge in [0.05, 0.1) is 20.1 Å². The van der Waals surface area contributed by atoms with Gasteiger partial charge in [0.1, 0.15) is 0 Å². The monoisotopic (exact) mass is 221 g/mol. The first-order valence-electron chi connectivity index (χ1n) is 3.30. The number of carbonyl (C=O) groups excluding carboxylic acids is 1. The first-order chi connectivity index (χ1) is 5.45. The van der Waals surface area contributed by atoms with E-state index in [0.29, 0.717) is 0 Å². The molecule has 0 aromatic rings. The molecule has 0 fully saturated rings. The van der Waals surface area contributed by atoms with Crippen molar-refractivity contribution in [1.29, 1.82) is 0 Å². The third kappa shape index (κ3) is 11.5. The van der Waals surface area contributed by atoms with Crippen LogP contribution in [0.25, 0.3) is 0 Å². The van der Waals surface area contributed by atoms with Gasteiger partial charge in [0, 0.05) is 6.54 Å². The van der Waals surface area contributed by atoms with Crippen LogP contribution in [0.15, 0.2) is 0 Å². The number of carbonyl (C=O) groups is 1. The van der Waals surface area contributed by atoms with Crippen molar-refractivity contribution in [3.05, 3.63) is 0 Å². The minimum absolute atomic E-state index is 0. The lowest BCUT2D eigenvalue weighted by Gasteiger charge is -2.06. The molecule has 3 nitrogen and oxygen atoms in total. The fraction of sp³-hybridized carbons (Fsp3) is 0.833. The van der Waals surface area contributed by atoms with E-state index in [0.717, 1.165) is 0 Å². The van der Waals surface area contributed by atoms with E-state index in [1.807, 2.05) is 0 Å². The van der Waals surface area contributed by atoms with Crippen molar-refractivity contribution in [3.63, 3.8) is 0 Å². The summed E-state index contributed by atoms with van der Waals surface area (Å²) < 4.78 is 38.7. The first kappa shape index (κ1) is 15.0. The number of alkyl halides is 3. The highest BCUT2D eigenvalue weighted by Crippen LogP contribution is 2.11. The standard InChI is InChI=1S/C6H10F3NO2.ClH/c1-12-5(11)2-3-10-4-6(7,8)9;/h10H,2-4H2,1H3;1H. The van der Waals surface area contributed by atoms with Gasteiger partial charge in [0.2, 0.25) is 0 Å². The Labute approximate surface area is 80.0 Å². The molecule has 0 unspecified atom stereocenters. The molecule has 0 radical (unpaired) electrons. The second-order valence-corrected chi connectivity index (χ2v) is 2.12. The molecule has 0 spiro atoms. The molecule has 0 atom stereocenters. The lowest BCUT2D eigenvalue weighted by atomic mass is 10.4. The van der Waals surface area contributed by atoms with E-state index >= 15 is 0 Å². The quantitative estimate of drug-likeness (QED) is 0.571. The lowest BCUT2D eigenvalue weighted by molar-refractivity contribution is -0.141. The predicted octanol–water partition coefficient (Wildman–Crippen LogP) is 1.12. The molecule has 0 bridgehead atoms. The van der Waals surface area contributed by atoms with Gasteiger partial charge in [-0.1, -0.05) is 0 Å². The van der Waals surface area contributed by atoms with Crippen molar-refractivity contribution in [2.24, 2.45) is 0 Å². The molecule has 13 heavy (non-hydrogen) atoms. The highest BCUT2D eigenvalue weighted by Gasteiger charge is 2.25. The minimum Gasteiger partial charge on any atom is -0.469 e. The van der Waals surface area contributed by atoms with Crippen LogP contribution in [0.2, 0.25) is 0 Å². The van der Waals surface area contributed by atoms with E-state index in [-0.39, 0.29) is 25.4 Å². The number of rotatable bonds is 4. The molecular formula is C6H11ClF3NO2. The summed E-state index contributed by atoms with van der Waals surface area (Å²) in [5.74, 6) is -0.523. The summed E-state index contributed by atoms with van der Waals surface area (Å²) in [6.45, 7) is -1.10. The van der Waals surface area contributed by atoms with Crippen LogP contribution in [0.4, 0.5) is 13.2 Å². The van der Waals surface area contributed by atoms with Crippen LogP contribution < -0.4 is 5.32 Å². The van der Waals surface area contributed by atoms with Crippen LogP contribution in [-0.2, 0) is 9.53 Å². The zero-order valence-electron chi connectivity index (χ0n) is 6.98. The van der Waals surface area contributed by atoms with Crippen LogP contribution in [0.3, 0.4) is 0 Å². The van der Waals surface area contributed by atoms with Crippen molar-refractivity contribution >= 4 is 18.4 Å². The van der Waals surface area contributed by atoms with Crippen LogP contribution in [0.5, 0.6) is 0 Å². The average molecular weight is 222 g/mol. The molecule has 0 aromatic carbocycles. The van der Waals surface area contributed by atoms with Gasteiger partial charge in [-0.3, -0.25) is 4.79 Å². The maximum absolute atomic E-state index is 11.5. The predicted molar refractivity (Wildman–Crippen MR) is 42.8 cm³/mol. The molecule has 7 heteroatoms. The molecule has 0 rings (SSSR count). The smallest absolute Gasteiger partial charge is 0.401 e. The van der Waals surface area contributed by atoms with Crippen molar-refractivity contribution in [2.75, 3.05) is 20.2 Å². The molecule has 0 aliphatic rings. The lowest BCUT2D eigenvalue weighted by Crippen LogP contribution is -2.30. The van der Waals surface area contributed by atoms with Crippen molar-refractivity contribution in [1.82, 2.24) is 5.32 Å². The third-order valence-corrected chi connectivity index (χ3v) is 1.06. The van der Waals surface area contributed by atoms with E-state index in [9.17, 15) is 18.0 Å². The van der Waals surface area contributed by atoms with Crippen LogP contribution in [0.1, 0.15) is 6.42 Å². The largest absolute Gasteiger partial charge is 0.469 e. The molecule has 0 aromatic heterocycles. The first-order valence-corrected chi connectivity index (χ1v) is 3.30. The second-order valence-electron chi connectivity index (χ2n) is 2.12. The summed E-state index contributed by atoms with van der Waals surface area (Å²) in [4.78, 5) is 10.4. The fourth-order valence-corrected chi connectivity index (χ4v) is 0.523. The van der Waals surface area contributed by atoms with Crippen molar-refractivity contribution in [2.45, 2.75) is 12.6 Å². The molecule has 0 aliphatic heterocycles. The van der Waals surface area contributed by atoms with E-state index in [2.05, 4.69) is 10.1 Å². The number of methoxy groups -OCH3 is 1. The summed E-state index contributed by atoms with van der Waals surface area (Å²) in [7, 11) is 1.19. The zero-order chi connectivity index (χ0) is 9.61. The molecular weight excluding hydrogens is 211 g/mol. The van der Waals surface area contributed by atoms with Crippen LogP contribution in [0, 0.1) is 0 Å².